The number of benzene rings is 1. The van der Waals surface area contributed by atoms with Crippen LogP contribution in [0.5, 0.6) is 0 Å². The summed E-state index contributed by atoms with van der Waals surface area (Å²) in [5, 5.41) is 12.5. The first kappa shape index (κ1) is 24.3. The topological polar surface area (TPSA) is 146 Å². The fraction of sp³-hybridized carbons (Fsp3) is 0.364. The first-order valence-electron chi connectivity index (χ1n) is 10.4. The van der Waals surface area contributed by atoms with Gasteiger partial charge in [0.1, 0.15) is 0 Å². The highest BCUT2D eigenvalue weighted by Gasteiger charge is 2.24. The van der Waals surface area contributed by atoms with Crippen molar-refractivity contribution in [2.24, 2.45) is 5.14 Å². The predicted molar refractivity (Wildman–Crippen MR) is 123 cm³/mol. The SMILES string of the molecule is CC(OC(=O)c1cc(C(C)C)nc2c1cnn2C(C)C)C(=O)Nc1cccc(S(N)(=O)=O)c1. The number of hydrogen-bond acceptors (Lipinski definition) is 7. The summed E-state index contributed by atoms with van der Waals surface area (Å²) in [6, 6.07) is 7.18. The number of pyridine rings is 1. The molecule has 1 amide bonds. The molecule has 3 aromatic rings. The fourth-order valence-electron chi connectivity index (χ4n) is 3.15. The van der Waals surface area contributed by atoms with Gasteiger partial charge in [0.15, 0.2) is 11.8 Å². The zero-order valence-electron chi connectivity index (χ0n) is 19.1. The van der Waals surface area contributed by atoms with E-state index in [9.17, 15) is 18.0 Å². The van der Waals surface area contributed by atoms with Gasteiger partial charge in [0.25, 0.3) is 5.91 Å². The van der Waals surface area contributed by atoms with Crippen LogP contribution in [0.15, 0.2) is 41.4 Å². The second kappa shape index (κ2) is 9.28. The van der Waals surface area contributed by atoms with Gasteiger partial charge < -0.3 is 10.1 Å². The summed E-state index contributed by atoms with van der Waals surface area (Å²) in [4.78, 5) is 30.1. The molecule has 0 fully saturated rings. The van der Waals surface area contributed by atoms with Crippen LogP contribution in [0.2, 0.25) is 0 Å². The number of aromatic nitrogens is 3. The molecule has 0 spiro atoms. The summed E-state index contributed by atoms with van der Waals surface area (Å²) < 4.78 is 30.2. The second-order valence-electron chi connectivity index (χ2n) is 8.28. The van der Waals surface area contributed by atoms with Crippen LogP contribution in [0.3, 0.4) is 0 Å². The zero-order valence-corrected chi connectivity index (χ0v) is 19.9. The number of nitrogens with one attached hydrogen (secondary N) is 1. The average molecular weight is 474 g/mol. The normalized spacial score (nSPS) is 12.8. The van der Waals surface area contributed by atoms with Gasteiger partial charge in [-0.15, -0.1) is 0 Å². The monoisotopic (exact) mass is 473 g/mol. The lowest BCUT2D eigenvalue weighted by molar-refractivity contribution is -0.123. The van der Waals surface area contributed by atoms with E-state index in [4.69, 9.17) is 9.88 Å². The number of ether oxygens (including phenoxy) is 1. The van der Waals surface area contributed by atoms with E-state index < -0.39 is 28.0 Å². The first-order valence-corrected chi connectivity index (χ1v) is 12.0. The molecule has 1 unspecified atom stereocenters. The van der Waals surface area contributed by atoms with Crippen LogP contribution in [-0.2, 0) is 19.6 Å². The highest BCUT2D eigenvalue weighted by molar-refractivity contribution is 7.89. The van der Waals surface area contributed by atoms with E-state index in [-0.39, 0.29) is 28.1 Å². The minimum absolute atomic E-state index is 0.0408. The quantitative estimate of drug-likeness (QED) is 0.502. The first-order chi connectivity index (χ1) is 15.4. The third-order valence-electron chi connectivity index (χ3n) is 4.97. The summed E-state index contributed by atoms with van der Waals surface area (Å²) in [5.41, 5.74) is 1.75. The Bertz CT molecular complexity index is 1310. The highest BCUT2D eigenvalue weighted by Crippen LogP contribution is 2.25. The molecule has 0 aliphatic carbocycles. The minimum atomic E-state index is -3.92. The molecule has 2 heterocycles. The number of amides is 1. The summed E-state index contributed by atoms with van der Waals surface area (Å²) in [5.74, 6) is -1.25. The molecule has 0 aliphatic rings. The Balaban J connectivity index is 1.84. The molecule has 0 saturated heterocycles. The smallest absolute Gasteiger partial charge is 0.339 e. The van der Waals surface area contributed by atoms with Gasteiger partial charge >= 0.3 is 5.97 Å². The molecule has 11 heteroatoms. The second-order valence-corrected chi connectivity index (χ2v) is 9.84. The van der Waals surface area contributed by atoms with Gasteiger partial charge in [0.05, 0.1) is 22.0 Å². The number of nitrogens with zero attached hydrogens (tertiary/aromatic N) is 3. The third-order valence-corrected chi connectivity index (χ3v) is 5.88. The molecule has 0 saturated carbocycles. The summed E-state index contributed by atoms with van der Waals surface area (Å²) >= 11 is 0. The standard InChI is InChI=1S/C22H27N5O5S/c1-12(2)19-10-17(18-11-24-27(13(3)4)20(18)26-19)22(29)32-14(5)21(28)25-15-7-6-8-16(9-15)33(23,30)31/h6-14H,1-5H3,(H,25,28)(H2,23,30,31). The van der Waals surface area contributed by atoms with Crippen molar-refractivity contribution >= 4 is 38.6 Å². The average Bonchev–Trinajstić information content (AvgIpc) is 3.16. The highest BCUT2D eigenvalue weighted by atomic mass is 32.2. The van der Waals surface area contributed by atoms with E-state index in [0.29, 0.717) is 16.7 Å². The van der Waals surface area contributed by atoms with Crippen LogP contribution < -0.4 is 10.5 Å². The predicted octanol–water partition coefficient (Wildman–Crippen LogP) is 2.97. The van der Waals surface area contributed by atoms with Crippen LogP contribution in [0.4, 0.5) is 5.69 Å². The molecular weight excluding hydrogens is 446 g/mol. The number of primary sulfonamides is 1. The van der Waals surface area contributed by atoms with Crippen molar-refractivity contribution in [1.82, 2.24) is 14.8 Å². The van der Waals surface area contributed by atoms with Crippen molar-refractivity contribution in [3.8, 4) is 0 Å². The molecule has 1 atom stereocenters. The number of carbonyl (C=O) groups is 2. The molecule has 3 rings (SSSR count). The lowest BCUT2D eigenvalue weighted by Crippen LogP contribution is -2.30. The van der Waals surface area contributed by atoms with Crippen LogP contribution in [-0.4, -0.2) is 41.2 Å². The third kappa shape index (κ3) is 5.37. The summed E-state index contributed by atoms with van der Waals surface area (Å²) in [6.07, 6.45) is 0.411. The number of fused-ring (bicyclic) bond motifs is 1. The Kier molecular flexibility index (Phi) is 6.84. The molecule has 10 nitrogen and oxygen atoms in total. The van der Waals surface area contributed by atoms with Gasteiger partial charge in [-0.25, -0.2) is 28.0 Å². The number of anilines is 1. The fourth-order valence-corrected chi connectivity index (χ4v) is 3.71. The van der Waals surface area contributed by atoms with E-state index in [1.54, 1.807) is 16.9 Å². The molecular formula is C22H27N5O5S. The number of esters is 1. The maximum absolute atomic E-state index is 13.0. The van der Waals surface area contributed by atoms with Crippen LogP contribution in [0.25, 0.3) is 11.0 Å². The van der Waals surface area contributed by atoms with E-state index in [1.165, 1.54) is 31.2 Å². The number of sulfonamides is 1. The van der Waals surface area contributed by atoms with Crippen molar-refractivity contribution in [2.75, 3.05) is 5.32 Å². The maximum Gasteiger partial charge on any atom is 0.339 e. The molecule has 0 aliphatic heterocycles. The van der Waals surface area contributed by atoms with E-state index in [2.05, 4.69) is 15.4 Å². The summed E-state index contributed by atoms with van der Waals surface area (Å²) in [7, 11) is -3.92. The summed E-state index contributed by atoms with van der Waals surface area (Å²) in [6.45, 7) is 9.28. The van der Waals surface area contributed by atoms with Crippen molar-refractivity contribution in [3.63, 3.8) is 0 Å². The Morgan fingerprint density at radius 2 is 1.82 bits per heavy atom. The lowest BCUT2D eigenvalue weighted by atomic mass is 10.1. The van der Waals surface area contributed by atoms with Crippen LogP contribution >= 0.6 is 0 Å². The largest absolute Gasteiger partial charge is 0.449 e. The number of hydrogen-bond donors (Lipinski definition) is 2. The molecule has 2 aromatic heterocycles. The Hall–Kier alpha value is -3.31. The Morgan fingerprint density at radius 3 is 2.42 bits per heavy atom. The zero-order chi connectivity index (χ0) is 24.5. The van der Waals surface area contributed by atoms with Crippen molar-refractivity contribution in [1.29, 1.82) is 0 Å². The van der Waals surface area contributed by atoms with Crippen LogP contribution in [0, 0.1) is 0 Å². The van der Waals surface area contributed by atoms with Crippen molar-refractivity contribution in [3.05, 3.63) is 47.8 Å². The van der Waals surface area contributed by atoms with Gasteiger partial charge in [-0.3, -0.25) is 4.79 Å². The number of nitrogens with two attached hydrogens (primary N) is 1. The van der Waals surface area contributed by atoms with Gasteiger partial charge in [-0.1, -0.05) is 19.9 Å². The minimum Gasteiger partial charge on any atom is -0.449 e. The van der Waals surface area contributed by atoms with Gasteiger partial charge in [-0.05, 0) is 51.0 Å². The molecule has 0 radical (unpaired) electrons. The van der Waals surface area contributed by atoms with Crippen molar-refractivity contribution < 1.29 is 22.7 Å². The molecule has 3 N–H and O–H groups in total. The van der Waals surface area contributed by atoms with Crippen LogP contribution in [0.1, 0.15) is 62.6 Å². The maximum atomic E-state index is 13.0. The van der Waals surface area contributed by atoms with Crippen molar-refractivity contribution in [2.45, 2.75) is 57.6 Å². The van der Waals surface area contributed by atoms with E-state index in [1.807, 2.05) is 27.7 Å². The molecule has 0 bridgehead atoms. The van der Waals surface area contributed by atoms with E-state index >= 15 is 0 Å². The van der Waals surface area contributed by atoms with Gasteiger partial charge in [0, 0.05) is 17.4 Å². The van der Waals surface area contributed by atoms with Gasteiger partial charge in [-0.2, -0.15) is 5.10 Å². The Morgan fingerprint density at radius 1 is 1.12 bits per heavy atom. The molecule has 176 valence electrons. The number of carbonyl (C=O) groups excluding carboxylic acids is 2. The van der Waals surface area contributed by atoms with E-state index in [0.717, 1.165) is 0 Å². The Labute approximate surface area is 192 Å². The number of rotatable bonds is 7. The molecule has 1 aromatic carbocycles. The molecule has 33 heavy (non-hydrogen) atoms. The van der Waals surface area contributed by atoms with Gasteiger partial charge in [0.2, 0.25) is 10.0 Å². The lowest BCUT2D eigenvalue weighted by Gasteiger charge is -2.15.